The third-order valence-electron chi connectivity index (χ3n) is 4.31. The highest BCUT2D eigenvalue weighted by Gasteiger charge is 2.59. The molecule has 1 N–H and O–H groups in total. The number of hydrogen-bond donors (Lipinski definition) is 1. The van der Waals surface area contributed by atoms with E-state index in [-0.39, 0.29) is 12.1 Å². The van der Waals surface area contributed by atoms with Crippen LogP contribution in [0.15, 0.2) is 12.1 Å². The topological polar surface area (TPSA) is 86.6 Å². The number of halogens is 3. The number of aromatic nitrogens is 2. The molecule has 24 heavy (non-hydrogen) atoms. The quantitative estimate of drug-likeness (QED) is 0.881. The summed E-state index contributed by atoms with van der Waals surface area (Å²) in [5.41, 5.74) is -0.167. The maximum atomic E-state index is 12.6. The van der Waals surface area contributed by atoms with Crippen molar-refractivity contribution in [3.63, 3.8) is 0 Å². The number of alkyl halides is 3. The zero-order valence-electron chi connectivity index (χ0n) is 12.5. The molecular formula is C14H15F3N4O3. The van der Waals surface area contributed by atoms with E-state index in [2.05, 4.69) is 10.2 Å². The van der Waals surface area contributed by atoms with E-state index in [9.17, 15) is 22.8 Å². The van der Waals surface area contributed by atoms with Gasteiger partial charge in [0.15, 0.2) is 11.5 Å². The van der Waals surface area contributed by atoms with Crippen molar-refractivity contribution < 1.29 is 27.9 Å². The van der Waals surface area contributed by atoms with Crippen molar-refractivity contribution >= 4 is 17.7 Å². The van der Waals surface area contributed by atoms with E-state index < -0.39 is 29.9 Å². The van der Waals surface area contributed by atoms with Crippen molar-refractivity contribution in [2.75, 3.05) is 31.1 Å². The number of carboxylic acid groups (broad SMARTS) is 1. The third-order valence-corrected chi connectivity index (χ3v) is 4.31. The van der Waals surface area contributed by atoms with Crippen LogP contribution in [0.4, 0.5) is 19.0 Å². The molecule has 0 radical (unpaired) electrons. The highest BCUT2D eigenvalue weighted by molar-refractivity contribution is 5.85. The minimum Gasteiger partial charge on any atom is -0.476 e. The van der Waals surface area contributed by atoms with E-state index in [0.29, 0.717) is 32.0 Å². The van der Waals surface area contributed by atoms with Crippen LogP contribution in [-0.4, -0.2) is 64.4 Å². The van der Waals surface area contributed by atoms with Crippen molar-refractivity contribution in [3.05, 3.63) is 17.8 Å². The molecule has 7 nitrogen and oxygen atoms in total. The molecule has 1 saturated heterocycles. The second-order valence-electron chi connectivity index (χ2n) is 5.88. The summed E-state index contributed by atoms with van der Waals surface area (Å²) in [6.45, 7) is 1.44. The average molecular weight is 344 g/mol. The molecule has 10 heteroatoms. The maximum absolute atomic E-state index is 12.6. The average Bonchev–Trinajstić information content (AvgIpc) is 3.35. The highest BCUT2D eigenvalue weighted by atomic mass is 19.4. The molecule has 1 aliphatic heterocycles. The zero-order valence-corrected chi connectivity index (χ0v) is 12.5. The van der Waals surface area contributed by atoms with Crippen LogP contribution < -0.4 is 4.90 Å². The first-order valence-corrected chi connectivity index (χ1v) is 7.45. The van der Waals surface area contributed by atoms with Crippen molar-refractivity contribution in [1.29, 1.82) is 0 Å². The van der Waals surface area contributed by atoms with Crippen molar-refractivity contribution in [2.45, 2.75) is 12.6 Å². The lowest BCUT2D eigenvalue weighted by Crippen LogP contribution is -2.49. The Bertz CT molecular complexity index is 642. The Morgan fingerprint density at radius 3 is 2.25 bits per heavy atom. The van der Waals surface area contributed by atoms with Crippen LogP contribution in [-0.2, 0) is 4.79 Å². The van der Waals surface area contributed by atoms with Gasteiger partial charge in [0.1, 0.15) is 0 Å². The van der Waals surface area contributed by atoms with Crippen LogP contribution in [0.3, 0.4) is 0 Å². The summed E-state index contributed by atoms with van der Waals surface area (Å²) < 4.78 is 37.7. The molecule has 1 aromatic heterocycles. The Kier molecular flexibility index (Phi) is 4.06. The number of aromatic carboxylic acids is 1. The normalized spacial score (nSPS) is 24.0. The van der Waals surface area contributed by atoms with Crippen molar-refractivity contribution in [1.82, 2.24) is 15.1 Å². The largest absolute Gasteiger partial charge is 0.476 e. The van der Waals surface area contributed by atoms with Gasteiger partial charge in [-0.2, -0.15) is 13.2 Å². The molecule has 0 aromatic carbocycles. The molecule has 2 fully saturated rings. The Hall–Kier alpha value is -2.39. The van der Waals surface area contributed by atoms with Crippen molar-refractivity contribution in [3.8, 4) is 0 Å². The summed E-state index contributed by atoms with van der Waals surface area (Å²) in [5.74, 6) is -3.58. The van der Waals surface area contributed by atoms with Crippen LogP contribution in [0.5, 0.6) is 0 Å². The Morgan fingerprint density at radius 2 is 1.79 bits per heavy atom. The fraction of sp³-hybridized carbons (Fsp3) is 0.571. The number of hydrogen-bond acceptors (Lipinski definition) is 5. The van der Waals surface area contributed by atoms with E-state index in [1.165, 1.54) is 17.0 Å². The number of carboxylic acids is 1. The monoisotopic (exact) mass is 344 g/mol. The van der Waals surface area contributed by atoms with E-state index in [1.54, 1.807) is 0 Å². The van der Waals surface area contributed by atoms with Gasteiger partial charge in [0.2, 0.25) is 5.91 Å². The molecule has 1 saturated carbocycles. The summed E-state index contributed by atoms with van der Waals surface area (Å²) in [6, 6.07) is 2.86. The molecule has 0 spiro atoms. The SMILES string of the molecule is O=C(O)c1ccc(N2CCN(C(=O)C3CC3C(F)(F)F)CC2)nn1. The van der Waals surface area contributed by atoms with E-state index >= 15 is 0 Å². The van der Waals surface area contributed by atoms with Gasteiger partial charge in [0, 0.05) is 26.2 Å². The third kappa shape index (κ3) is 3.26. The number of amides is 1. The van der Waals surface area contributed by atoms with Gasteiger partial charge in [0.05, 0.1) is 11.8 Å². The number of anilines is 1. The maximum Gasteiger partial charge on any atom is 0.392 e. The molecule has 2 atom stereocenters. The fourth-order valence-corrected chi connectivity index (χ4v) is 2.83. The van der Waals surface area contributed by atoms with Crippen LogP contribution >= 0.6 is 0 Å². The van der Waals surface area contributed by atoms with Crippen LogP contribution in [0, 0.1) is 11.8 Å². The van der Waals surface area contributed by atoms with Gasteiger partial charge in [-0.3, -0.25) is 4.79 Å². The second-order valence-corrected chi connectivity index (χ2v) is 5.88. The van der Waals surface area contributed by atoms with E-state index in [1.807, 2.05) is 4.90 Å². The zero-order chi connectivity index (χ0) is 17.5. The fourth-order valence-electron chi connectivity index (χ4n) is 2.83. The van der Waals surface area contributed by atoms with Crippen LogP contribution in [0.2, 0.25) is 0 Å². The van der Waals surface area contributed by atoms with Gasteiger partial charge in [-0.25, -0.2) is 4.79 Å². The number of rotatable bonds is 3. The van der Waals surface area contributed by atoms with Gasteiger partial charge >= 0.3 is 12.1 Å². The van der Waals surface area contributed by atoms with E-state index in [4.69, 9.17) is 5.11 Å². The molecule has 1 aromatic rings. The van der Waals surface area contributed by atoms with Gasteiger partial charge < -0.3 is 14.9 Å². The minimum atomic E-state index is -4.30. The van der Waals surface area contributed by atoms with Gasteiger partial charge in [0.25, 0.3) is 0 Å². The summed E-state index contributed by atoms with van der Waals surface area (Å²) in [5, 5.41) is 16.2. The molecular weight excluding hydrogens is 329 g/mol. The van der Waals surface area contributed by atoms with Gasteiger partial charge in [-0.1, -0.05) is 0 Å². The van der Waals surface area contributed by atoms with Gasteiger partial charge in [-0.05, 0) is 18.6 Å². The minimum absolute atomic E-state index is 0.120. The standard InChI is InChI=1S/C14H15F3N4O3/c15-14(16,17)9-7-8(9)12(22)21-5-3-20(4-6-21)11-2-1-10(13(23)24)18-19-11/h1-2,8-9H,3-7H2,(H,23,24). The number of piperazine rings is 1. The summed E-state index contributed by atoms with van der Waals surface area (Å²) in [6.07, 6.45) is -4.42. The van der Waals surface area contributed by atoms with Crippen molar-refractivity contribution in [2.24, 2.45) is 11.8 Å². The Balaban J connectivity index is 1.54. The van der Waals surface area contributed by atoms with Crippen LogP contribution in [0.25, 0.3) is 0 Å². The number of nitrogens with zero attached hydrogens (tertiary/aromatic N) is 4. The predicted octanol–water partition coefficient (Wildman–Crippen LogP) is 1.02. The summed E-state index contributed by atoms with van der Waals surface area (Å²) in [7, 11) is 0. The molecule has 2 heterocycles. The molecule has 2 unspecified atom stereocenters. The molecule has 130 valence electrons. The first kappa shape index (κ1) is 16.5. The molecule has 1 amide bonds. The number of carbonyl (C=O) groups excluding carboxylic acids is 1. The Labute approximate surface area is 135 Å². The molecule has 0 bridgehead atoms. The molecule has 1 aliphatic carbocycles. The second kappa shape index (κ2) is 5.91. The predicted molar refractivity (Wildman–Crippen MR) is 75.4 cm³/mol. The van der Waals surface area contributed by atoms with Crippen LogP contribution in [0.1, 0.15) is 16.9 Å². The van der Waals surface area contributed by atoms with Gasteiger partial charge in [-0.15, -0.1) is 10.2 Å². The highest BCUT2D eigenvalue weighted by Crippen LogP contribution is 2.50. The van der Waals surface area contributed by atoms with E-state index in [0.717, 1.165) is 0 Å². The lowest BCUT2D eigenvalue weighted by Gasteiger charge is -2.35. The summed E-state index contributed by atoms with van der Waals surface area (Å²) >= 11 is 0. The summed E-state index contributed by atoms with van der Waals surface area (Å²) in [4.78, 5) is 26.1. The Morgan fingerprint density at radius 1 is 1.12 bits per heavy atom. The first-order valence-electron chi connectivity index (χ1n) is 7.45. The smallest absolute Gasteiger partial charge is 0.392 e. The molecule has 2 aliphatic rings. The lowest BCUT2D eigenvalue weighted by molar-refractivity contribution is -0.157. The molecule has 3 rings (SSSR count). The lowest BCUT2D eigenvalue weighted by atomic mass is 10.2. The number of carbonyl (C=O) groups is 2. The first-order chi connectivity index (χ1) is 11.3.